The Morgan fingerprint density at radius 1 is 0.938 bits per heavy atom. The first-order valence-electron chi connectivity index (χ1n) is 11.4. The van der Waals surface area contributed by atoms with Gasteiger partial charge in [-0.2, -0.15) is 5.10 Å². The van der Waals surface area contributed by atoms with Crippen LogP contribution in [0.5, 0.6) is 0 Å². The predicted molar refractivity (Wildman–Crippen MR) is 128 cm³/mol. The van der Waals surface area contributed by atoms with Gasteiger partial charge in [-0.1, -0.05) is 18.2 Å². The average molecular weight is 423 g/mol. The van der Waals surface area contributed by atoms with Crippen LogP contribution in [0.4, 0.5) is 0 Å². The number of para-hydroxylation sites is 1. The summed E-state index contributed by atoms with van der Waals surface area (Å²) in [7, 11) is 0. The van der Waals surface area contributed by atoms with E-state index in [2.05, 4.69) is 66.4 Å². The molecule has 5 aromatic rings. The molecule has 1 saturated heterocycles. The fraction of sp³-hybridized carbons (Fsp3) is 0.269. The van der Waals surface area contributed by atoms with Gasteiger partial charge in [-0.05, 0) is 75.1 Å². The van der Waals surface area contributed by atoms with Crippen molar-refractivity contribution in [3.63, 3.8) is 0 Å². The van der Waals surface area contributed by atoms with E-state index in [1.54, 1.807) is 0 Å². The van der Waals surface area contributed by atoms with Gasteiger partial charge in [-0.25, -0.2) is 4.98 Å². The Balaban J connectivity index is 1.28. The Labute approximate surface area is 186 Å². The summed E-state index contributed by atoms with van der Waals surface area (Å²) in [6, 6.07) is 14.9. The van der Waals surface area contributed by atoms with E-state index >= 15 is 0 Å². The number of pyridine rings is 2. The molecule has 6 heteroatoms. The van der Waals surface area contributed by atoms with Crippen molar-refractivity contribution >= 4 is 21.9 Å². The molecular formula is C26H26N6. The molecule has 0 bridgehead atoms. The molecule has 0 amide bonds. The first-order valence-corrected chi connectivity index (χ1v) is 11.4. The van der Waals surface area contributed by atoms with E-state index in [9.17, 15) is 0 Å². The lowest BCUT2D eigenvalue weighted by Gasteiger charge is -2.14. The van der Waals surface area contributed by atoms with Crippen LogP contribution in [0, 0.1) is 0 Å². The quantitative estimate of drug-likeness (QED) is 0.395. The number of likely N-dealkylation sites (tertiary alicyclic amines) is 1. The van der Waals surface area contributed by atoms with Gasteiger partial charge in [0.15, 0.2) is 5.65 Å². The molecule has 1 aromatic carbocycles. The van der Waals surface area contributed by atoms with Crippen LogP contribution in [0.25, 0.3) is 44.5 Å². The highest BCUT2D eigenvalue weighted by atomic mass is 15.2. The second-order valence-corrected chi connectivity index (χ2v) is 8.70. The highest BCUT2D eigenvalue weighted by Gasteiger charge is 2.14. The predicted octanol–water partition coefficient (Wildman–Crippen LogP) is 5.20. The molecule has 0 radical (unpaired) electrons. The molecule has 0 spiro atoms. The summed E-state index contributed by atoms with van der Waals surface area (Å²) in [5, 5.41) is 9.78. The zero-order chi connectivity index (χ0) is 21.3. The van der Waals surface area contributed by atoms with Gasteiger partial charge < -0.3 is 9.88 Å². The molecule has 0 unspecified atom stereocenters. The van der Waals surface area contributed by atoms with E-state index in [4.69, 9.17) is 0 Å². The Morgan fingerprint density at radius 2 is 1.81 bits per heavy atom. The van der Waals surface area contributed by atoms with Crippen LogP contribution in [0.2, 0.25) is 0 Å². The topological polar surface area (TPSA) is 73.5 Å². The first-order chi connectivity index (χ1) is 15.8. The highest BCUT2D eigenvalue weighted by Crippen LogP contribution is 2.30. The maximum absolute atomic E-state index is 4.61. The third-order valence-electron chi connectivity index (χ3n) is 6.48. The molecule has 6 nitrogen and oxygen atoms in total. The Morgan fingerprint density at radius 3 is 2.72 bits per heavy atom. The molecule has 2 N–H and O–H groups in total. The number of aromatic nitrogens is 5. The van der Waals surface area contributed by atoms with Crippen molar-refractivity contribution in [2.24, 2.45) is 0 Å². The number of fused-ring (bicyclic) bond motifs is 2. The monoisotopic (exact) mass is 422 g/mol. The van der Waals surface area contributed by atoms with Crippen molar-refractivity contribution in [2.75, 3.05) is 19.6 Å². The van der Waals surface area contributed by atoms with Crippen molar-refractivity contribution in [1.82, 2.24) is 30.0 Å². The molecule has 0 saturated carbocycles. The maximum atomic E-state index is 4.61. The summed E-state index contributed by atoms with van der Waals surface area (Å²) in [5.41, 5.74) is 7.25. The van der Waals surface area contributed by atoms with Gasteiger partial charge in [0.05, 0.1) is 11.4 Å². The molecule has 1 aliphatic rings. The molecule has 4 aromatic heterocycles. The van der Waals surface area contributed by atoms with Crippen molar-refractivity contribution < 1.29 is 0 Å². The number of benzene rings is 1. The summed E-state index contributed by atoms with van der Waals surface area (Å²) in [4.78, 5) is 15.2. The SMILES string of the molecule is c1ccc2[nH]c(-c3[nH]nc4ncc(-c5cncc(CCCN6CCCC6)c5)cc34)cc2c1. The van der Waals surface area contributed by atoms with Crippen LogP contribution in [0.15, 0.2) is 61.1 Å². The van der Waals surface area contributed by atoms with E-state index in [0.29, 0.717) is 0 Å². The van der Waals surface area contributed by atoms with Gasteiger partial charge in [-0.15, -0.1) is 0 Å². The lowest BCUT2D eigenvalue weighted by Crippen LogP contribution is -2.20. The van der Waals surface area contributed by atoms with Crippen molar-refractivity contribution in [1.29, 1.82) is 0 Å². The Bertz CT molecular complexity index is 1340. The minimum absolute atomic E-state index is 0.720. The van der Waals surface area contributed by atoms with Crippen LogP contribution >= 0.6 is 0 Å². The lowest BCUT2D eigenvalue weighted by atomic mass is 10.0. The molecule has 1 fully saturated rings. The molecule has 160 valence electrons. The molecule has 5 heterocycles. The van der Waals surface area contributed by atoms with Crippen molar-refractivity contribution in [2.45, 2.75) is 25.7 Å². The second-order valence-electron chi connectivity index (χ2n) is 8.70. The molecule has 0 atom stereocenters. The zero-order valence-corrected chi connectivity index (χ0v) is 18.0. The summed E-state index contributed by atoms with van der Waals surface area (Å²) in [6.45, 7) is 3.70. The van der Waals surface area contributed by atoms with Crippen molar-refractivity contribution in [3.8, 4) is 22.5 Å². The van der Waals surface area contributed by atoms with Crippen LogP contribution < -0.4 is 0 Å². The van der Waals surface area contributed by atoms with Crippen molar-refractivity contribution in [3.05, 3.63) is 66.6 Å². The lowest BCUT2D eigenvalue weighted by molar-refractivity contribution is 0.334. The number of nitrogens with zero attached hydrogens (tertiary/aromatic N) is 4. The summed E-state index contributed by atoms with van der Waals surface area (Å²) in [6.07, 6.45) is 10.7. The number of aromatic amines is 2. The summed E-state index contributed by atoms with van der Waals surface area (Å²) >= 11 is 0. The van der Waals surface area contributed by atoms with Crippen LogP contribution in [0.3, 0.4) is 0 Å². The minimum atomic E-state index is 0.720. The number of hydrogen-bond donors (Lipinski definition) is 2. The number of hydrogen-bond acceptors (Lipinski definition) is 4. The fourth-order valence-corrected chi connectivity index (χ4v) is 4.77. The minimum Gasteiger partial charge on any atom is -0.353 e. The van der Waals surface area contributed by atoms with Crippen LogP contribution in [-0.2, 0) is 6.42 Å². The van der Waals surface area contributed by atoms with E-state index < -0.39 is 0 Å². The summed E-state index contributed by atoms with van der Waals surface area (Å²) < 4.78 is 0. The van der Waals surface area contributed by atoms with E-state index in [-0.39, 0.29) is 0 Å². The van der Waals surface area contributed by atoms with Crippen LogP contribution in [0.1, 0.15) is 24.8 Å². The highest BCUT2D eigenvalue weighted by molar-refractivity contribution is 5.95. The van der Waals surface area contributed by atoms with Gasteiger partial charge in [0.2, 0.25) is 0 Å². The normalized spacial score (nSPS) is 14.6. The Kier molecular flexibility index (Phi) is 4.92. The van der Waals surface area contributed by atoms with Gasteiger partial charge >= 0.3 is 0 Å². The Hall–Kier alpha value is -3.51. The maximum Gasteiger partial charge on any atom is 0.181 e. The van der Waals surface area contributed by atoms with Gasteiger partial charge in [0.25, 0.3) is 0 Å². The summed E-state index contributed by atoms with van der Waals surface area (Å²) in [5.74, 6) is 0. The second kappa shape index (κ2) is 8.20. The third-order valence-corrected chi connectivity index (χ3v) is 6.48. The van der Waals surface area contributed by atoms with Gasteiger partial charge in [0, 0.05) is 46.0 Å². The van der Waals surface area contributed by atoms with Gasteiger partial charge in [0.1, 0.15) is 0 Å². The molecule has 1 aliphatic heterocycles. The molecule has 0 aliphatic carbocycles. The van der Waals surface area contributed by atoms with E-state index in [1.165, 1.54) is 49.8 Å². The molecular weight excluding hydrogens is 396 g/mol. The zero-order valence-electron chi connectivity index (χ0n) is 18.0. The number of rotatable bonds is 6. The first kappa shape index (κ1) is 19.2. The number of H-pyrrole nitrogens is 2. The number of nitrogens with one attached hydrogen (secondary N) is 2. The van der Waals surface area contributed by atoms with Crippen LogP contribution in [-0.4, -0.2) is 49.7 Å². The fourth-order valence-electron chi connectivity index (χ4n) is 4.77. The standard InChI is InChI=1S/C26H26N6/c1-2-8-23-19(7-1)14-24(29-23)25-22-13-21(17-28-26(22)31-30-25)20-12-18(15-27-16-20)6-5-11-32-9-3-4-10-32/h1-2,7-8,12-17,29H,3-6,9-11H2,(H,28,30,31). The average Bonchev–Trinajstić information content (AvgIpc) is 3.58. The number of aryl methyl sites for hydroxylation is 1. The third kappa shape index (κ3) is 3.67. The van der Waals surface area contributed by atoms with E-state index in [0.717, 1.165) is 45.5 Å². The largest absolute Gasteiger partial charge is 0.353 e. The van der Waals surface area contributed by atoms with Gasteiger partial charge in [-0.3, -0.25) is 10.1 Å². The molecule has 32 heavy (non-hydrogen) atoms. The molecule has 6 rings (SSSR count). The van der Waals surface area contributed by atoms with E-state index in [1.807, 2.05) is 24.7 Å². The smallest absolute Gasteiger partial charge is 0.181 e.